The topological polar surface area (TPSA) is 121 Å². The third-order valence-corrected chi connectivity index (χ3v) is 3.04. The van der Waals surface area contributed by atoms with Gasteiger partial charge in [-0.3, -0.25) is 0 Å². The molecule has 23 heavy (non-hydrogen) atoms. The largest absolute Gasteiger partial charge is 0.453 e. The Bertz CT molecular complexity index is 860. The van der Waals surface area contributed by atoms with Gasteiger partial charge in [0.1, 0.15) is 25.3 Å². The van der Waals surface area contributed by atoms with Gasteiger partial charge >= 0.3 is 0 Å². The minimum absolute atomic E-state index is 0.819. The molecule has 1 aromatic carbocycles. The zero-order chi connectivity index (χ0) is 17.2. The number of benzene rings is 2. The van der Waals surface area contributed by atoms with Gasteiger partial charge in [0.2, 0.25) is 5.36 Å². The lowest BCUT2D eigenvalue weighted by Gasteiger charge is -2.17. The summed E-state index contributed by atoms with van der Waals surface area (Å²) in [5, 5.41) is 1.11. The average molecular weight is 339 g/mol. The second kappa shape index (κ2) is 6.61. The molecule has 0 aromatic heterocycles. The van der Waals surface area contributed by atoms with Crippen LogP contribution in [0, 0.1) is 17.2 Å². The van der Waals surface area contributed by atoms with Gasteiger partial charge in [-0.05, 0) is 30.7 Å². The molecule has 0 unspecified atom stereocenters. The summed E-state index contributed by atoms with van der Waals surface area (Å²) < 4.78 is 42.0. The van der Waals surface area contributed by atoms with Crippen LogP contribution >= 0.6 is 0 Å². The fourth-order valence-corrected chi connectivity index (χ4v) is 2.00. The summed E-state index contributed by atoms with van der Waals surface area (Å²) in [6.07, 6.45) is 0. The highest BCUT2D eigenvalue weighted by Gasteiger charge is 2.10. The van der Waals surface area contributed by atoms with Gasteiger partial charge in [0, 0.05) is 6.07 Å². The van der Waals surface area contributed by atoms with E-state index in [1.54, 1.807) is 0 Å². The molecule has 0 N–H and O–H groups in total. The molecule has 122 valence electrons. The number of fused-ring (bicyclic) bond motifs is 2. The summed E-state index contributed by atoms with van der Waals surface area (Å²) >= 11 is 0. The molecule has 1 aliphatic carbocycles. The van der Waals surface area contributed by atoms with Gasteiger partial charge in [0.25, 0.3) is 0 Å². The molecule has 8 heteroatoms. The maximum Gasteiger partial charge on any atom is 0.203 e. The molecular formula is C15H15ClN2O5. The molecule has 0 bridgehead atoms. The number of aryl methyl sites for hydroxylation is 1. The number of hydrogen-bond donors (Lipinski definition) is 0. The van der Waals surface area contributed by atoms with E-state index in [0.29, 0.717) is 0 Å². The third kappa shape index (κ3) is 4.98. The first-order valence-corrected chi connectivity index (χ1v) is 7.80. The van der Waals surface area contributed by atoms with Crippen LogP contribution in [0.2, 0.25) is 0 Å². The number of halogens is 1. The lowest BCUT2D eigenvalue weighted by Crippen LogP contribution is -2.68. The molecule has 0 fully saturated rings. The first kappa shape index (κ1) is 17.3. The Hall–Kier alpha value is -2.03. The van der Waals surface area contributed by atoms with Crippen LogP contribution in [-0.2, 0) is 0 Å². The third-order valence-electron chi connectivity index (χ3n) is 3.04. The molecule has 2 aliphatic rings. The van der Waals surface area contributed by atoms with Crippen LogP contribution in [0.1, 0.15) is 5.56 Å². The van der Waals surface area contributed by atoms with E-state index in [1.807, 2.05) is 50.5 Å². The molecule has 3 rings (SSSR count). The number of nitrogens with zero attached hydrogens (tertiary/aromatic N) is 2. The molecule has 0 spiro atoms. The molecule has 0 saturated carbocycles. The monoisotopic (exact) mass is 338 g/mol. The van der Waals surface area contributed by atoms with Crippen LogP contribution in [0.25, 0.3) is 22.6 Å². The number of rotatable bonds is 0. The lowest BCUT2D eigenvalue weighted by molar-refractivity contribution is -2.00. The summed E-state index contributed by atoms with van der Waals surface area (Å²) in [5.41, 5.74) is 3.79. The predicted octanol–water partition coefficient (Wildman–Crippen LogP) is -2.48. The number of aromatic nitrogens is 1. The maximum absolute atomic E-state index is 8.49. The quantitative estimate of drug-likeness (QED) is 0.330. The van der Waals surface area contributed by atoms with Gasteiger partial charge in [-0.25, -0.2) is 28.2 Å². The predicted molar refractivity (Wildman–Crippen MR) is 72.5 cm³/mol. The van der Waals surface area contributed by atoms with Crippen LogP contribution < -0.4 is 28.6 Å². The molecule has 1 aliphatic heterocycles. The van der Waals surface area contributed by atoms with E-state index in [-0.39, 0.29) is 0 Å². The smallest absolute Gasteiger partial charge is 0.203 e. The maximum atomic E-state index is 8.49. The Labute approximate surface area is 134 Å². The van der Waals surface area contributed by atoms with Gasteiger partial charge < -0.3 is 4.42 Å². The van der Waals surface area contributed by atoms with Gasteiger partial charge in [-0.15, -0.1) is 10.2 Å². The van der Waals surface area contributed by atoms with E-state index < -0.39 is 10.2 Å². The minimum atomic E-state index is -4.94. The Morgan fingerprint density at radius 2 is 1.65 bits per heavy atom. The van der Waals surface area contributed by atoms with E-state index in [4.69, 9.17) is 23.1 Å². The average Bonchev–Trinajstić information content (AvgIpc) is 2.42. The SMILES string of the molecule is Cc1ccc2nc3ccc(=[N+](C)C)cc-3oc2c1.[O-][Cl+3]([O-])([O-])[O-]. The van der Waals surface area contributed by atoms with Crippen molar-refractivity contribution in [2.75, 3.05) is 14.1 Å². The van der Waals surface area contributed by atoms with Crippen molar-refractivity contribution >= 4 is 11.1 Å². The van der Waals surface area contributed by atoms with Crippen molar-refractivity contribution in [1.82, 2.24) is 9.56 Å². The Balaban J connectivity index is 0.000000338. The molecule has 1 heterocycles. The van der Waals surface area contributed by atoms with Crippen molar-refractivity contribution in [1.29, 1.82) is 0 Å². The van der Waals surface area contributed by atoms with E-state index in [2.05, 4.69) is 16.5 Å². The molecule has 0 radical (unpaired) electrons. The van der Waals surface area contributed by atoms with Crippen LogP contribution in [-0.4, -0.2) is 19.1 Å². The minimum Gasteiger partial charge on any atom is -0.453 e. The summed E-state index contributed by atoms with van der Waals surface area (Å²) in [6, 6.07) is 12.1. The Morgan fingerprint density at radius 3 is 2.26 bits per heavy atom. The fraction of sp³-hybridized carbons (Fsp3) is 0.200. The highest BCUT2D eigenvalue weighted by molar-refractivity contribution is 5.76. The summed E-state index contributed by atoms with van der Waals surface area (Å²) in [4.78, 5) is 4.61. The lowest BCUT2D eigenvalue weighted by atomic mass is 10.2. The highest BCUT2D eigenvalue weighted by atomic mass is 35.7. The first-order valence-electron chi connectivity index (χ1n) is 6.57. The highest BCUT2D eigenvalue weighted by Crippen LogP contribution is 2.23. The standard InChI is InChI=1S/C15H15N2O.ClHO4/c1-10-4-6-12-14(8-10)18-15-9-11(17(2)3)5-7-13(15)16-12;2-1(3,4)5/h4-9H,1-3H3;(H,2,3,4,5)/q+1;/p-1. The van der Waals surface area contributed by atoms with E-state index in [0.717, 1.165) is 27.9 Å². The molecular weight excluding hydrogens is 324 g/mol. The number of hydrogen-bond acceptors (Lipinski definition) is 6. The molecule has 0 amide bonds. The summed E-state index contributed by atoms with van der Waals surface area (Å²) in [6.45, 7) is 2.05. The van der Waals surface area contributed by atoms with Crippen molar-refractivity contribution in [2.24, 2.45) is 0 Å². The zero-order valence-electron chi connectivity index (χ0n) is 12.8. The van der Waals surface area contributed by atoms with Crippen LogP contribution in [0.4, 0.5) is 0 Å². The van der Waals surface area contributed by atoms with Gasteiger partial charge in [-0.1, -0.05) is 6.07 Å². The van der Waals surface area contributed by atoms with Crippen molar-refractivity contribution in [2.45, 2.75) is 6.92 Å². The Kier molecular flexibility index (Phi) is 4.98. The van der Waals surface area contributed by atoms with Gasteiger partial charge in [-0.2, -0.15) is 0 Å². The second-order valence-corrected chi connectivity index (χ2v) is 5.87. The van der Waals surface area contributed by atoms with Crippen molar-refractivity contribution in [3.8, 4) is 11.5 Å². The second-order valence-electron chi connectivity index (χ2n) is 5.11. The summed E-state index contributed by atoms with van der Waals surface area (Å²) in [5.74, 6) is 0.819. The van der Waals surface area contributed by atoms with Crippen molar-refractivity contribution < 1.29 is 33.3 Å². The first-order chi connectivity index (χ1) is 10.6. The van der Waals surface area contributed by atoms with Crippen molar-refractivity contribution in [3.05, 3.63) is 47.3 Å². The van der Waals surface area contributed by atoms with E-state index in [9.17, 15) is 0 Å². The molecule has 1 aromatic rings. The zero-order valence-corrected chi connectivity index (χ0v) is 13.5. The summed E-state index contributed by atoms with van der Waals surface area (Å²) in [7, 11) is -0.917. The van der Waals surface area contributed by atoms with Gasteiger partial charge in [0.15, 0.2) is 11.3 Å². The fourth-order valence-electron chi connectivity index (χ4n) is 2.00. The molecule has 7 nitrogen and oxygen atoms in total. The molecule has 0 atom stereocenters. The van der Waals surface area contributed by atoms with E-state index in [1.165, 1.54) is 5.56 Å². The normalized spacial score (nSPS) is 11.3. The Morgan fingerprint density at radius 1 is 1.00 bits per heavy atom. The van der Waals surface area contributed by atoms with E-state index >= 15 is 0 Å². The van der Waals surface area contributed by atoms with Crippen LogP contribution in [0.15, 0.2) is 40.8 Å². The van der Waals surface area contributed by atoms with Crippen molar-refractivity contribution in [3.63, 3.8) is 0 Å². The van der Waals surface area contributed by atoms with Crippen LogP contribution in [0.3, 0.4) is 0 Å². The molecule has 0 saturated heterocycles. The van der Waals surface area contributed by atoms with Gasteiger partial charge in [0.05, 0.1) is 6.07 Å². The van der Waals surface area contributed by atoms with Crippen LogP contribution in [0.5, 0.6) is 0 Å².